The minimum Gasteiger partial charge on any atom is -0.263 e. The van der Waals surface area contributed by atoms with Crippen molar-refractivity contribution in [3.8, 4) is 0 Å². The van der Waals surface area contributed by atoms with Crippen LogP contribution in [0.5, 0.6) is 0 Å². The summed E-state index contributed by atoms with van der Waals surface area (Å²) in [4.78, 5) is 9.99. The van der Waals surface area contributed by atoms with Crippen LogP contribution in [0, 0.1) is 0 Å². The van der Waals surface area contributed by atoms with Crippen molar-refractivity contribution in [1.29, 1.82) is 0 Å². The van der Waals surface area contributed by atoms with Crippen LogP contribution >= 0.6 is 0 Å². The van der Waals surface area contributed by atoms with E-state index >= 15 is 0 Å². The summed E-state index contributed by atoms with van der Waals surface area (Å²) < 4.78 is 311. The molecule has 0 aliphatic rings. The average Bonchev–Trinajstić information content (AvgIpc) is 2.62. The van der Waals surface area contributed by atoms with Crippen molar-refractivity contribution in [3.05, 3.63) is 0 Å². The van der Waals surface area contributed by atoms with Crippen molar-refractivity contribution in [2.45, 2.75) is 66.5 Å². The molecule has 0 radical (unpaired) electrons. The normalized spacial score (nSPS) is 20.0. The molecule has 3 atom stereocenters. The molecule has 40 heavy (non-hydrogen) atoms. The van der Waals surface area contributed by atoms with Crippen LogP contribution in [-0.4, -0.2) is 72.6 Å². The van der Waals surface area contributed by atoms with Crippen LogP contribution in [-0.2, 0) is 19.0 Å². The number of hydrogen-bond donors (Lipinski definition) is 0. The second kappa shape index (κ2) is 9.72. The van der Waals surface area contributed by atoms with Gasteiger partial charge in [0.2, 0.25) is 0 Å². The molecule has 28 heteroatoms. The van der Waals surface area contributed by atoms with Gasteiger partial charge < -0.3 is 0 Å². The first-order valence-electron chi connectivity index (χ1n) is 7.96. The molecule has 0 aliphatic carbocycles. The van der Waals surface area contributed by atoms with Crippen LogP contribution < -0.4 is 0 Å². The second-order valence-electron chi connectivity index (χ2n) is 6.48. The van der Waals surface area contributed by atoms with Crippen molar-refractivity contribution in [1.82, 2.24) is 0 Å². The standard InChI is InChI=1S/C12F24O4/c13-1(37)2(14,6(19,20)21)38-11(33,34)4(17,8(25,26)27)40-12(35,36)5(18,9(28,29)30)39-10(31,32)3(15,16)7(22,23)24. The predicted octanol–water partition coefficient (Wildman–Crippen LogP) is 7.19. The summed E-state index contributed by atoms with van der Waals surface area (Å²) in [7, 11) is 0. The number of hydrogen-bond acceptors (Lipinski definition) is 4. The van der Waals surface area contributed by atoms with Crippen LogP contribution in [0.15, 0.2) is 0 Å². The Labute approximate surface area is 198 Å². The highest BCUT2D eigenvalue weighted by Gasteiger charge is 2.88. The van der Waals surface area contributed by atoms with Gasteiger partial charge in [-0.2, -0.15) is 105 Å². The van der Waals surface area contributed by atoms with E-state index in [-0.39, 0.29) is 0 Å². The third kappa shape index (κ3) is 6.06. The van der Waals surface area contributed by atoms with E-state index in [9.17, 15) is 110 Å². The summed E-state index contributed by atoms with van der Waals surface area (Å²) in [6.45, 7) is 0. The lowest BCUT2D eigenvalue weighted by atomic mass is 10.2. The van der Waals surface area contributed by atoms with Gasteiger partial charge in [0.25, 0.3) is 0 Å². The lowest BCUT2D eigenvalue weighted by Crippen LogP contribution is -2.70. The van der Waals surface area contributed by atoms with Gasteiger partial charge in [0, 0.05) is 0 Å². The van der Waals surface area contributed by atoms with Gasteiger partial charge in [-0.15, -0.1) is 0 Å². The van der Waals surface area contributed by atoms with Gasteiger partial charge in [-0.25, -0.2) is 0 Å². The van der Waals surface area contributed by atoms with Crippen molar-refractivity contribution < 1.29 is 124 Å². The van der Waals surface area contributed by atoms with Crippen molar-refractivity contribution >= 4 is 6.04 Å². The third-order valence-electron chi connectivity index (χ3n) is 3.62. The first kappa shape index (κ1) is 37.9. The van der Waals surface area contributed by atoms with Crippen LogP contribution in [0.1, 0.15) is 0 Å². The zero-order valence-electron chi connectivity index (χ0n) is 16.7. The van der Waals surface area contributed by atoms with E-state index in [4.69, 9.17) is 0 Å². The van der Waals surface area contributed by atoms with E-state index in [2.05, 4.69) is 0 Å². The van der Waals surface area contributed by atoms with Gasteiger partial charge in [-0.05, 0) is 0 Å². The molecule has 0 aromatic carbocycles. The van der Waals surface area contributed by atoms with E-state index < -0.39 is 72.6 Å². The Bertz CT molecular complexity index is 928. The molecule has 0 amide bonds. The van der Waals surface area contributed by atoms with Crippen LogP contribution in [0.2, 0.25) is 0 Å². The van der Waals surface area contributed by atoms with Gasteiger partial charge >= 0.3 is 72.6 Å². The largest absolute Gasteiger partial charge is 0.462 e. The van der Waals surface area contributed by atoms with E-state index in [1.807, 2.05) is 0 Å². The number of rotatable bonds is 10. The summed E-state index contributed by atoms with van der Waals surface area (Å²) in [6, 6.07) is -5.02. The summed E-state index contributed by atoms with van der Waals surface area (Å²) in [5.74, 6) is -33.2. The Morgan fingerprint density at radius 1 is 0.375 bits per heavy atom. The fourth-order valence-corrected chi connectivity index (χ4v) is 1.66. The molecule has 0 aromatic rings. The Balaban J connectivity index is 7.24. The molecule has 240 valence electrons. The summed E-state index contributed by atoms with van der Waals surface area (Å²) >= 11 is 0. The topological polar surface area (TPSA) is 44.8 Å². The van der Waals surface area contributed by atoms with E-state index in [1.165, 1.54) is 4.74 Å². The number of ether oxygens (including phenoxy) is 3. The Kier molecular flexibility index (Phi) is 9.20. The Morgan fingerprint density at radius 3 is 0.875 bits per heavy atom. The van der Waals surface area contributed by atoms with Gasteiger partial charge in [-0.3, -0.25) is 19.0 Å². The Hall–Kier alpha value is -2.13. The smallest absolute Gasteiger partial charge is 0.263 e. The molecule has 3 unspecified atom stereocenters. The number of carbonyl (C=O) groups excluding carboxylic acids is 1. The fraction of sp³-hybridized carbons (Fsp3) is 0.917. The molecule has 0 N–H and O–H groups in total. The first-order chi connectivity index (χ1) is 16.8. The van der Waals surface area contributed by atoms with Crippen molar-refractivity contribution in [3.63, 3.8) is 0 Å². The summed E-state index contributed by atoms with van der Waals surface area (Å²) in [5, 5.41) is 0. The predicted molar refractivity (Wildman–Crippen MR) is 64.9 cm³/mol. The molecule has 0 bridgehead atoms. The second-order valence-corrected chi connectivity index (χ2v) is 6.48. The first-order valence-corrected chi connectivity index (χ1v) is 7.96. The zero-order chi connectivity index (χ0) is 33.2. The summed E-state index contributed by atoms with van der Waals surface area (Å²) in [5.41, 5.74) is 0. The molecule has 0 aromatic heterocycles. The maximum absolute atomic E-state index is 14.0. The molecule has 0 saturated heterocycles. The quantitative estimate of drug-likeness (QED) is 0.183. The van der Waals surface area contributed by atoms with Crippen molar-refractivity contribution in [2.75, 3.05) is 0 Å². The third-order valence-corrected chi connectivity index (χ3v) is 3.62. The minimum atomic E-state index is -8.80. The molecular formula is C12F24O4. The van der Waals surface area contributed by atoms with Crippen LogP contribution in [0.3, 0.4) is 0 Å². The Morgan fingerprint density at radius 2 is 0.650 bits per heavy atom. The molecule has 0 spiro atoms. The fourth-order valence-electron chi connectivity index (χ4n) is 1.66. The summed E-state index contributed by atoms with van der Waals surface area (Å²) in [6.07, 6.45) is -58.2. The number of halogens is 24. The highest BCUT2D eigenvalue weighted by molar-refractivity contribution is 5.77. The molecular weight excluding hydrogens is 664 g/mol. The SMILES string of the molecule is O=C(F)C(F)(OC(F)(F)C(F)(OC(F)(F)C(F)(OC(F)(F)C(F)(F)C(F)(F)F)C(F)(F)F)C(F)(F)F)C(F)(F)F. The van der Waals surface area contributed by atoms with E-state index in [1.54, 1.807) is 0 Å². The molecule has 0 fully saturated rings. The van der Waals surface area contributed by atoms with Gasteiger partial charge in [0.05, 0.1) is 0 Å². The van der Waals surface area contributed by atoms with Gasteiger partial charge in [-0.1, -0.05) is 0 Å². The van der Waals surface area contributed by atoms with E-state index in [0.29, 0.717) is 0 Å². The maximum atomic E-state index is 14.0. The highest BCUT2D eigenvalue weighted by Crippen LogP contribution is 2.59. The monoisotopic (exact) mass is 664 g/mol. The molecule has 0 saturated carbocycles. The van der Waals surface area contributed by atoms with Gasteiger partial charge in [0.15, 0.2) is 0 Å². The van der Waals surface area contributed by atoms with Gasteiger partial charge in [0.1, 0.15) is 0 Å². The van der Waals surface area contributed by atoms with Crippen molar-refractivity contribution in [2.24, 2.45) is 0 Å². The average molecular weight is 664 g/mol. The maximum Gasteiger partial charge on any atom is 0.462 e. The van der Waals surface area contributed by atoms with Crippen LogP contribution in [0.4, 0.5) is 105 Å². The van der Waals surface area contributed by atoms with Crippen LogP contribution in [0.25, 0.3) is 0 Å². The lowest BCUT2D eigenvalue weighted by molar-refractivity contribution is -0.577. The lowest BCUT2D eigenvalue weighted by Gasteiger charge is -2.42. The number of carbonyl (C=O) groups is 1. The molecule has 0 heterocycles. The minimum absolute atomic E-state index is 0.953. The van der Waals surface area contributed by atoms with E-state index in [0.717, 1.165) is 9.47 Å². The highest BCUT2D eigenvalue weighted by atomic mass is 19.4. The molecule has 0 aliphatic heterocycles. The molecule has 4 nitrogen and oxygen atoms in total. The zero-order valence-corrected chi connectivity index (χ0v) is 16.7. The number of alkyl halides is 23. The molecule has 0 rings (SSSR count).